The van der Waals surface area contributed by atoms with E-state index in [1.54, 1.807) is 10.7 Å². The molecule has 2 aliphatic carbocycles. The number of likely N-dealkylation sites (tertiary alicyclic amines) is 1. The second-order valence-electron chi connectivity index (χ2n) is 7.55. The fourth-order valence-corrected chi connectivity index (χ4v) is 4.62. The number of hydrogen-bond donors (Lipinski definition) is 0. The van der Waals surface area contributed by atoms with Crippen molar-refractivity contribution < 1.29 is 0 Å². The van der Waals surface area contributed by atoms with Gasteiger partial charge in [-0.3, -0.25) is 9.69 Å². The molecule has 3 aliphatic rings. The van der Waals surface area contributed by atoms with Crippen LogP contribution in [0.25, 0.3) is 0 Å². The highest BCUT2D eigenvalue weighted by molar-refractivity contribution is 7.11. The fraction of sp³-hybridized carbons (Fsp3) is 0.611. The van der Waals surface area contributed by atoms with Gasteiger partial charge in [-0.15, -0.1) is 11.3 Å². The normalized spacial score (nSPS) is 21.8. The van der Waals surface area contributed by atoms with E-state index in [-0.39, 0.29) is 5.56 Å². The van der Waals surface area contributed by atoms with Crippen molar-refractivity contribution in [2.45, 2.75) is 50.6 Å². The number of hydrogen-bond acceptors (Lipinski definition) is 5. The van der Waals surface area contributed by atoms with Crippen LogP contribution in [0.15, 0.2) is 23.1 Å². The van der Waals surface area contributed by atoms with Crippen molar-refractivity contribution in [3.8, 4) is 0 Å². The molecule has 1 saturated heterocycles. The minimum atomic E-state index is 0.0365. The Balaban J connectivity index is 1.16. The molecule has 1 aliphatic heterocycles. The molecule has 0 unspecified atom stereocenters. The van der Waals surface area contributed by atoms with Gasteiger partial charge in [-0.05, 0) is 31.7 Å². The van der Waals surface area contributed by atoms with Crippen LogP contribution >= 0.6 is 11.3 Å². The van der Waals surface area contributed by atoms with Crippen molar-refractivity contribution >= 4 is 11.3 Å². The first kappa shape index (κ1) is 14.8. The summed E-state index contributed by atoms with van der Waals surface area (Å²) in [6, 6.07) is 3.60. The van der Waals surface area contributed by atoms with E-state index in [9.17, 15) is 4.79 Å². The maximum Gasteiger partial charge on any atom is 0.266 e. The largest absolute Gasteiger partial charge is 0.297 e. The summed E-state index contributed by atoms with van der Waals surface area (Å²) in [6.07, 6.45) is 7.14. The molecule has 0 aromatic carbocycles. The standard InChI is InChI=1S/C18H22N4OS/c23-17-6-5-16(13-1-2-13)20-22(17)10-12-8-21(9-12)11-15-7-19-18(24-15)14-3-4-14/h5-7,12-14H,1-4,8-11H2. The molecular weight excluding hydrogens is 320 g/mol. The highest BCUT2D eigenvalue weighted by Gasteiger charge is 2.30. The molecular formula is C18H22N4OS. The Labute approximate surface area is 145 Å². The van der Waals surface area contributed by atoms with Gasteiger partial charge in [0, 0.05) is 54.5 Å². The summed E-state index contributed by atoms with van der Waals surface area (Å²) in [7, 11) is 0. The van der Waals surface area contributed by atoms with Crippen LogP contribution in [0.2, 0.25) is 0 Å². The lowest BCUT2D eigenvalue weighted by Gasteiger charge is -2.38. The van der Waals surface area contributed by atoms with Gasteiger partial charge in [-0.25, -0.2) is 9.67 Å². The molecule has 0 N–H and O–H groups in total. The molecule has 0 bridgehead atoms. The van der Waals surface area contributed by atoms with Gasteiger partial charge in [-0.2, -0.15) is 5.10 Å². The zero-order chi connectivity index (χ0) is 16.1. The van der Waals surface area contributed by atoms with E-state index >= 15 is 0 Å². The van der Waals surface area contributed by atoms with E-state index in [0.29, 0.717) is 11.8 Å². The van der Waals surface area contributed by atoms with Crippen molar-refractivity contribution in [3.63, 3.8) is 0 Å². The van der Waals surface area contributed by atoms with E-state index < -0.39 is 0 Å². The summed E-state index contributed by atoms with van der Waals surface area (Å²) < 4.78 is 1.69. The van der Waals surface area contributed by atoms with E-state index in [2.05, 4.69) is 21.2 Å². The Morgan fingerprint density at radius 3 is 2.67 bits per heavy atom. The molecule has 24 heavy (non-hydrogen) atoms. The minimum absolute atomic E-state index is 0.0365. The third-order valence-electron chi connectivity index (χ3n) is 5.22. The maximum atomic E-state index is 12.0. The summed E-state index contributed by atoms with van der Waals surface area (Å²) in [5.41, 5.74) is 1.14. The molecule has 0 spiro atoms. The molecule has 5 nitrogen and oxygen atoms in total. The molecule has 5 rings (SSSR count). The lowest BCUT2D eigenvalue weighted by atomic mass is 10.0. The second-order valence-corrected chi connectivity index (χ2v) is 8.70. The molecule has 0 amide bonds. The van der Waals surface area contributed by atoms with Crippen LogP contribution in [0.3, 0.4) is 0 Å². The molecule has 0 atom stereocenters. The lowest BCUT2D eigenvalue weighted by Crippen LogP contribution is -2.48. The van der Waals surface area contributed by atoms with Gasteiger partial charge in [0.15, 0.2) is 0 Å². The van der Waals surface area contributed by atoms with Crippen LogP contribution in [0, 0.1) is 5.92 Å². The predicted octanol–water partition coefficient (Wildman–Crippen LogP) is 2.59. The SMILES string of the molecule is O=c1ccc(C2CC2)nn1CC1CN(Cc2cnc(C3CC3)s2)C1. The Hall–Kier alpha value is -1.53. The Bertz CT molecular complexity index is 799. The van der Waals surface area contributed by atoms with Crippen LogP contribution in [0.1, 0.15) is 53.1 Å². The van der Waals surface area contributed by atoms with Crippen LogP contribution < -0.4 is 5.56 Å². The highest BCUT2D eigenvalue weighted by atomic mass is 32.1. The monoisotopic (exact) mass is 342 g/mol. The van der Waals surface area contributed by atoms with Gasteiger partial charge in [0.1, 0.15) is 0 Å². The molecule has 2 aromatic rings. The number of nitrogens with zero attached hydrogens (tertiary/aromatic N) is 4. The van der Waals surface area contributed by atoms with E-state index in [1.165, 1.54) is 35.6 Å². The first-order chi connectivity index (χ1) is 11.7. The number of thiazole rings is 1. The quantitative estimate of drug-likeness (QED) is 0.810. The summed E-state index contributed by atoms with van der Waals surface area (Å²) in [5, 5.41) is 5.90. The first-order valence-electron chi connectivity index (χ1n) is 8.99. The van der Waals surface area contributed by atoms with Crippen LogP contribution in [0.4, 0.5) is 0 Å². The van der Waals surface area contributed by atoms with Gasteiger partial charge >= 0.3 is 0 Å². The number of aromatic nitrogens is 3. The van der Waals surface area contributed by atoms with Gasteiger partial charge in [0.2, 0.25) is 0 Å². The Morgan fingerprint density at radius 1 is 1.12 bits per heavy atom. The van der Waals surface area contributed by atoms with Crippen molar-refractivity contribution in [1.29, 1.82) is 0 Å². The Morgan fingerprint density at radius 2 is 1.92 bits per heavy atom. The van der Waals surface area contributed by atoms with Crippen LogP contribution in [0.5, 0.6) is 0 Å². The smallest absolute Gasteiger partial charge is 0.266 e. The molecule has 2 saturated carbocycles. The van der Waals surface area contributed by atoms with Gasteiger partial charge in [0.05, 0.1) is 17.2 Å². The molecule has 0 radical (unpaired) electrons. The topological polar surface area (TPSA) is 51.0 Å². The predicted molar refractivity (Wildman–Crippen MR) is 93.3 cm³/mol. The van der Waals surface area contributed by atoms with E-state index in [4.69, 9.17) is 0 Å². The van der Waals surface area contributed by atoms with Crippen LogP contribution in [-0.2, 0) is 13.1 Å². The van der Waals surface area contributed by atoms with Gasteiger partial charge in [-0.1, -0.05) is 0 Å². The van der Waals surface area contributed by atoms with Crippen LogP contribution in [-0.4, -0.2) is 32.8 Å². The third kappa shape index (κ3) is 3.05. The summed E-state index contributed by atoms with van der Waals surface area (Å²) in [4.78, 5) is 20.4. The summed E-state index contributed by atoms with van der Waals surface area (Å²) in [6.45, 7) is 3.87. The summed E-state index contributed by atoms with van der Waals surface area (Å²) >= 11 is 1.88. The van der Waals surface area contributed by atoms with Crippen molar-refractivity contribution in [1.82, 2.24) is 19.7 Å². The van der Waals surface area contributed by atoms with Crippen molar-refractivity contribution in [2.24, 2.45) is 5.92 Å². The average Bonchev–Trinajstić information content (AvgIpc) is 3.46. The lowest BCUT2D eigenvalue weighted by molar-refractivity contribution is 0.0775. The van der Waals surface area contributed by atoms with Gasteiger partial charge < -0.3 is 0 Å². The number of rotatable bonds is 6. The molecule has 6 heteroatoms. The Kier molecular flexibility index (Phi) is 3.56. The second kappa shape index (κ2) is 5.77. The molecule has 3 heterocycles. The van der Waals surface area contributed by atoms with Crippen molar-refractivity contribution in [3.05, 3.63) is 44.3 Å². The van der Waals surface area contributed by atoms with Crippen molar-refractivity contribution in [2.75, 3.05) is 13.1 Å². The van der Waals surface area contributed by atoms with E-state index in [0.717, 1.165) is 37.8 Å². The zero-order valence-electron chi connectivity index (χ0n) is 13.7. The third-order valence-corrected chi connectivity index (χ3v) is 6.37. The summed E-state index contributed by atoms with van der Waals surface area (Å²) in [5.74, 6) is 1.90. The first-order valence-corrected chi connectivity index (χ1v) is 9.81. The maximum absolute atomic E-state index is 12.0. The fourth-order valence-electron chi connectivity index (χ4n) is 3.49. The molecule has 2 aromatic heterocycles. The molecule has 126 valence electrons. The zero-order valence-corrected chi connectivity index (χ0v) is 14.5. The highest BCUT2D eigenvalue weighted by Crippen LogP contribution is 2.42. The van der Waals surface area contributed by atoms with E-state index in [1.807, 2.05) is 17.4 Å². The average molecular weight is 342 g/mol. The minimum Gasteiger partial charge on any atom is -0.297 e. The van der Waals surface area contributed by atoms with Gasteiger partial charge in [0.25, 0.3) is 5.56 Å². The molecule has 3 fully saturated rings.